The van der Waals surface area contributed by atoms with Crippen LogP contribution < -0.4 is 20.1 Å². The van der Waals surface area contributed by atoms with E-state index in [1.54, 1.807) is 0 Å². The van der Waals surface area contributed by atoms with Crippen LogP contribution in [0.2, 0.25) is 0 Å². The van der Waals surface area contributed by atoms with Gasteiger partial charge in [0.25, 0.3) is 0 Å². The van der Waals surface area contributed by atoms with Gasteiger partial charge >= 0.3 is 0 Å². The van der Waals surface area contributed by atoms with Crippen molar-refractivity contribution in [2.45, 2.75) is 39.5 Å². The Kier molecular flexibility index (Phi) is 10.2. The van der Waals surface area contributed by atoms with Crippen LogP contribution in [0.1, 0.15) is 50.7 Å². The average Bonchev–Trinajstić information content (AvgIpc) is 2.95. The first kappa shape index (κ1) is 29.4. The molecular formula is C35H38N2O4. The first-order valence-electron chi connectivity index (χ1n) is 14.0. The molecular weight excluding hydrogens is 512 g/mol. The summed E-state index contributed by atoms with van der Waals surface area (Å²) in [5, 5.41) is 6.02. The first-order chi connectivity index (χ1) is 19.8. The van der Waals surface area contributed by atoms with Gasteiger partial charge in [0.1, 0.15) is 11.5 Å². The molecule has 4 rings (SSSR count). The van der Waals surface area contributed by atoms with Crippen molar-refractivity contribution < 1.29 is 19.1 Å². The van der Waals surface area contributed by atoms with Gasteiger partial charge in [-0.25, -0.2) is 0 Å². The van der Waals surface area contributed by atoms with E-state index in [2.05, 4.69) is 10.6 Å². The second-order valence-corrected chi connectivity index (χ2v) is 10.7. The van der Waals surface area contributed by atoms with Crippen molar-refractivity contribution in [2.24, 2.45) is 11.8 Å². The quantitative estimate of drug-likeness (QED) is 0.176. The smallest absolute Gasteiger partial charge is 0.232 e. The number of carbonyl (C=O) groups is 2. The maximum atomic E-state index is 13.0. The highest BCUT2D eigenvalue weighted by Gasteiger charge is 2.25. The molecule has 2 amide bonds. The van der Waals surface area contributed by atoms with E-state index in [4.69, 9.17) is 9.47 Å². The highest BCUT2D eigenvalue weighted by molar-refractivity contribution is 5.96. The summed E-state index contributed by atoms with van der Waals surface area (Å²) in [5.74, 6) is 0.885. The van der Waals surface area contributed by atoms with Gasteiger partial charge in [-0.2, -0.15) is 0 Å². The number of ether oxygens (including phenoxy) is 2. The zero-order valence-electron chi connectivity index (χ0n) is 24.0. The van der Waals surface area contributed by atoms with Gasteiger partial charge in [0.2, 0.25) is 18.6 Å². The van der Waals surface area contributed by atoms with Crippen molar-refractivity contribution in [3.63, 3.8) is 0 Å². The van der Waals surface area contributed by atoms with Crippen molar-refractivity contribution >= 4 is 23.2 Å². The van der Waals surface area contributed by atoms with E-state index < -0.39 is 0 Å². The Labute approximate surface area is 242 Å². The monoisotopic (exact) mass is 550 g/mol. The summed E-state index contributed by atoms with van der Waals surface area (Å²) in [7, 11) is 0. The topological polar surface area (TPSA) is 76.7 Å². The van der Waals surface area contributed by atoms with Crippen molar-refractivity contribution in [3.05, 3.63) is 120 Å². The lowest BCUT2D eigenvalue weighted by atomic mass is 9.87. The van der Waals surface area contributed by atoms with E-state index in [1.807, 2.05) is 137 Å². The fourth-order valence-corrected chi connectivity index (χ4v) is 4.87. The van der Waals surface area contributed by atoms with Gasteiger partial charge in [0.15, 0.2) is 0 Å². The van der Waals surface area contributed by atoms with Gasteiger partial charge in [0, 0.05) is 11.4 Å². The molecule has 212 valence electrons. The van der Waals surface area contributed by atoms with Crippen LogP contribution in [0.25, 0.3) is 0 Å². The zero-order valence-corrected chi connectivity index (χ0v) is 24.0. The largest absolute Gasteiger partial charge is 0.458 e. The third kappa shape index (κ3) is 8.21. The van der Waals surface area contributed by atoms with Gasteiger partial charge in [-0.3, -0.25) is 9.59 Å². The molecule has 0 aromatic heterocycles. The second-order valence-electron chi connectivity index (χ2n) is 10.7. The van der Waals surface area contributed by atoms with Crippen molar-refractivity contribution in [1.29, 1.82) is 0 Å². The molecule has 4 aromatic carbocycles. The fraction of sp³-hybridized carbons (Fsp3) is 0.257. The molecule has 0 aliphatic carbocycles. The molecule has 6 nitrogen and oxygen atoms in total. The number of rotatable bonds is 12. The molecule has 0 saturated heterocycles. The molecule has 41 heavy (non-hydrogen) atoms. The molecule has 0 aliphatic rings. The molecule has 2 N–H and O–H groups in total. The zero-order chi connectivity index (χ0) is 29.2. The van der Waals surface area contributed by atoms with Crippen LogP contribution >= 0.6 is 0 Å². The molecule has 6 heteroatoms. The van der Waals surface area contributed by atoms with E-state index in [0.29, 0.717) is 11.5 Å². The Bertz CT molecular complexity index is 1280. The lowest BCUT2D eigenvalue weighted by Crippen LogP contribution is -2.25. The standard InChI is InChI=1S/C35H38N2O4/c1-24(2)32(34(38)36-28-11-7-5-8-12-28)26-15-19-30(20-16-26)40-23-41-31-21-17-27(18-22-31)33(25(3)4)35(39)37-29-13-9-6-10-14-29/h5-22,24-25,32-33H,23H2,1-4H3,(H,36,38)(H,37,39). The van der Waals surface area contributed by atoms with Gasteiger partial charge in [0.05, 0.1) is 11.8 Å². The minimum Gasteiger partial charge on any atom is -0.458 e. The number of hydrogen-bond donors (Lipinski definition) is 2. The summed E-state index contributed by atoms with van der Waals surface area (Å²) >= 11 is 0. The Morgan fingerprint density at radius 3 is 1.20 bits per heavy atom. The Morgan fingerprint density at radius 2 is 0.878 bits per heavy atom. The maximum absolute atomic E-state index is 13.0. The van der Waals surface area contributed by atoms with E-state index in [0.717, 1.165) is 22.5 Å². The predicted molar refractivity (Wildman–Crippen MR) is 164 cm³/mol. The highest BCUT2D eigenvalue weighted by atomic mass is 16.7. The molecule has 0 aliphatic heterocycles. The predicted octanol–water partition coefficient (Wildman–Crippen LogP) is 7.86. The Morgan fingerprint density at radius 1 is 0.537 bits per heavy atom. The Hall–Kier alpha value is -4.58. The lowest BCUT2D eigenvalue weighted by molar-refractivity contribution is -0.119. The minimum atomic E-state index is -0.288. The number of benzene rings is 4. The van der Waals surface area contributed by atoms with Crippen LogP contribution in [0.15, 0.2) is 109 Å². The van der Waals surface area contributed by atoms with Crippen molar-refractivity contribution in [2.75, 3.05) is 17.4 Å². The third-order valence-corrected chi connectivity index (χ3v) is 6.91. The van der Waals surface area contributed by atoms with Gasteiger partial charge in [-0.05, 0) is 71.5 Å². The first-order valence-corrected chi connectivity index (χ1v) is 14.0. The summed E-state index contributed by atoms with van der Waals surface area (Å²) < 4.78 is 11.6. The molecule has 0 spiro atoms. The third-order valence-electron chi connectivity index (χ3n) is 6.91. The van der Waals surface area contributed by atoms with Gasteiger partial charge < -0.3 is 20.1 Å². The van der Waals surface area contributed by atoms with Crippen LogP contribution in [-0.2, 0) is 9.59 Å². The lowest BCUT2D eigenvalue weighted by Gasteiger charge is -2.21. The molecule has 0 fully saturated rings. The SMILES string of the molecule is CC(C)C(C(=O)Nc1ccccc1)c1ccc(OCOc2ccc(C(C(=O)Nc3ccccc3)C(C)C)cc2)cc1. The van der Waals surface area contributed by atoms with Crippen LogP contribution in [0, 0.1) is 11.8 Å². The van der Waals surface area contributed by atoms with E-state index in [9.17, 15) is 9.59 Å². The molecule has 0 bridgehead atoms. The van der Waals surface area contributed by atoms with Crippen molar-refractivity contribution in [1.82, 2.24) is 0 Å². The van der Waals surface area contributed by atoms with Crippen LogP contribution in [0.5, 0.6) is 11.5 Å². The maximum Gasteiger partial charge on any atom is 0.232 e. The van der Waals surface area contributed by atoms with Gasteiger partial charge in [-0.1, -0.05) is 88.4 Å². The molecule has 4 aromatic rings. The minimum absolute atomic E-state index is 0.0307. The van der Waals surface area contributed by atoms with Crippen molar-refractivity contribution in [3.8, 4) is 11.5 Å². The highest BCUT2D eigenvalue weighted by Crippen LogP contribution is 2.29. The molecule has 0 heterocycles. The van der Waals surface area contributed by atoms with Crippen LogP contribution in [-0.4, -0.2) is 18.6 Å². The molecule has 0 saturated carbocycles. The summed E-state index contributed by atoms with van der Waals surface area (Å²) in [5.41, 5.74) is 3.41. The number of carbonyl (C=O) groups excluding carboxylic acids is 2. The van der Waals surface area contributed by atoms with Gasteiger partial charge in [-0.15, -0.1) is 0 Å². The van der Waals surface area contributed by atoms with Crippen LogP contribution in [0.4, 0.5) is 11.4 Å². The van der Waals surface area contributed by atoms with Crippen LogP contribution in [0.3, 0.4) is 0 Å². The molecule has 2 unspecified atom stereocenters. The summed E-state index contributed by atoms with van der Waals surface area (Å²) in [4.78, 5) is 26.0. The fourth-order valence-electron chi connectivity index (χ4n) is 4.87. The molecule has 0 radical (unpaired) electrons. The number of anilines is 2. The number of nitrogens with one attached hydrogen (secondary N) is 2. The normalized spacial score (nSPS) is 12.4. The second kappa shape index (κ2) is 14.2. The van der Waals surface area contributed by atoms with E-state index >= 15 is 0 Å². The summed E-state index contributed by atoms with van der Waals surface area (Å²) in [6, 6.07) is 34.1. The summed E-state index contributed by atoms with van der Waals surface area (Å²) in [6.45, 7) is 8.19. The average molecular weight is 551 g/mol. The number of para-hydroxylation sites is 2. The van der Waals surface area contributed by atoms with E-state index in [-0.39, 0.29) is 42.3 Å². The molecule has 2 atom stereocenters. The Balaban J connectivity index is 1.31. The number of hydrogen-bond acceptors (Lipinski definition) is 4. The van der Waals surface area contributed by atoms with E-state index in [1.165, 1.54) is 0 Å². The summed E-state index contributed by atoms with van der Waals surface area (Å²) in [6.07, 6.45) is 0. The number of amides is 2.